The van der Waals surface area contributed by atoms with Gasteiger partial charge in [-0.25, -0.2) is 9.97 Å². The summed E-state index contributed by atoms with van der Waals surface area (Å²) in [6.07, 6.45) is 2.69. The summed E-state index contributed by atoms with van der Waals surface area (Å²) >= 11 is 6.29. The van der Waals surface area contributed by atoms with E-state index in [2.05, 4.69) is 37.6 Å². The molecule has 1 aromatic rings. The molecule has 0 aromatic carbocycles. The normalized spacial score (nSPS) is 15.4. The molecule has 3 nitrogen and oxygen atoms in total. The number of anilines is 1. The van der Waals surface area contributed by atoms with Crippen molar-refractivity contribution in [3.63, 3.8) is 0 Å². The summed E-state index contributed by atoms with van der Waals surface area (Å²) in [7, 11) is 0. The second-order valence-corrected chi connectivity index (χ2v) is 6.52. The van der Waals surface area contributed by atoms with Crippen LogP contribution >= 0.6 is 11.6 Å². The van der Waals surface area contributed by atoms with E-state index in [1.807, 2.05) is 6.92 Å². The summed E-state index contributed by atoms with van der Waals surface area (Å²) in [5, 5.41) is 0.593. The molecule has 19 heavy (non-hydrogen) atoms. The Hall–Kier alpha value is -0.830. The Kier molecular flexibility index (Phi) is 4.34. The third kappa shape index (κ3) is 3.38. The molecule has 2 rings (SSSR count). The maximum Gasteiger partial charge on any atom is 0.137 e. The van der Waals surface area contributed by atoms with Crippen LogP contribution in [-0.2, 0) is 0 Å². The lowest BCUT2D eigenvalue weighted by molar-refractivity contribution is 0.628. The number of rotatable bonds is 5. The molecule has 0 radical (unpaired) electrons. The molecular formula is C15H24ClN3. The van der Waals surface area contributed by atoms with Crippen molar-refractivity contribution < 1.29 is 0 Å². The van der Waals surface area contributed by atoms with E-state index >= 15 is 0 Å². The van der Waals surface area contributed by atoms with Gasteiger partial charge in [0.1, 0.15) is 16.8 Å². The predicted octanol–water partition coefficient (Wildman–Crippen LogP) is 4.19. The first-order chi connectivity index (χ1) is 8.90. The summed E-state index contributed by atoms with van der Waals surface area (Å²) in [6, 6.07) is 0.435. The van der Waals surface area contributed by atoms with Gasteiger partial charge in [0.2, 0.25) is 0 Å². The van der Waals surface area contributed by atoms with Crippen LogP contribution in [0, 0.1) is 12.8 Å². The number of hydrogen-bond donors (Lipinski definition) is 0. The molecule has 0 N–H and O–H groups in total. The number of hydrogen-bond acceptors (Lipinski definition) is 3. The van der Waals surface area contributed by atoms with Crippen molar-refractivity contribution in [3.8, 4) is 0 Å². The molecule has 0 spiro atoms. The Morgan fingerprint density at radius 2 is 1.84 bits per heavy atom. The van der Waals surface area contributed by atoms with Crippen LogP contribution in [0.15, 0.2) is 0 Å². The lowest BCUT2D eigenvalue weighted by Crippen LogP contribution is -2.34. The SMILES string of the molecule is Cc1c(Cl)nc(C(C)C)nc1N(CC1CC1)C(C)C. The van der Waals surface area contributed by atoms with Crippen molar-refractivity contribution in [2.24, 2.45) is 5.92 Å². The molecule has 1 aromatic heterocycles. The molecule has 0 aliphatic heterocycles. The number of nitrogens with zero attached hydrogens (tertiary/aromatic N) is 3. The van der Waals surface area contributed by atoms with Crippen LogP contribution < -0.4 is 4.90 Å². The van der Waals surface area contributed by atoms with E-state index in [4.69, 9.17) is 16.6 Å². The third-order valence-electron chi connectivity index (χ3n) is 3.64. The summed E-state index contributed by atoms with van der Waals surface area (Å²) in [5.74, 6) is 2.99. The van der Waals surface area contributed by atoms with Gasteiger partial charge < -0.3 is 4.90 Å². The van der Waals surface area contributed by atoms with E-state index in [1.54, 1.807) is 0 Å². The standard InChI is InChI=1S/C15H24ClN3/c1-9(2)14-17-13(16)11(5)15(18-14)19(10(3)4)8-12-6-7-12/h9-10,12H,6-8H2,1-5H3. The van der Waals surface area contributed by atoms with E-state index in [0.717, 1.165) is 29.7 Å². The highest BCUT2D eigenvalue weighted by atomic mass is 35.5. The Bertz CT molecular complexity index is 453. The average Bonchev–Trinajstić information content (AvgIpc) is 3.13. The molecule has 1 fully saturated rings. The van der Waals surface area contributed by atoms with Gasteiger partial charge in [-0.3, -0.25) is 0 Å². The van der Waals surface area contributed by atoms with E-state index < -0.39 is 0 Å². The molecule has 0 unspecified atom stereocenters. The smallest absolute Gasteiger partial charge is 0.137 e. The Morgan fingerprint density at radius 3 is 2.32 bits per heavy atom. The molecular weight excluding hydrogens is 258 g/mol. The second kappa shape index (κ2) is 5.66. The number of halogens is 1. The number of aromatic nitrogens is 2. The van der Waals surface area contributed by atoms with E-state index in [0.29, 0.717) is 17.1 Å². The van der Waals surface area contributed by atoms with E-state index in [1.165, 1.54) is 12.8 Å². The van der Waals surface area contributed by atoms with Crippen LogP contribution in [0.25, 0.3) is 0 Å². The van der Waals surface area contributed by atoms with Gasteiger partial charge in [0.25, 0.3) is 0 Å². The van der Waals surface area contributed by atoms with Gasteiger partial charge in [-0.15, -0.1) is 0 Å². The maximum atomic E-state index is 6.29. The van der Waals surface area contributed by atoms with Crippen LogP contribution in [0.3, 0.4) is 0 Å². The van der Waals surface area contributed by atoms with Crippen molar-refractivity contribution in [3.05, 3.63) is 16.5 Å². The molecule has 0 saturated heterocycles. The topological polar surface area (TPSA) is 29.0 Å². The largest absolute Gasteiger partial charge is 0.354 e. The Balaban J connectivity index is 2.38. The van der Waals surface area contributed by atoms with Crippen molar-refractivity contribution in [2.75, 3.05) is 11.4 Å². The van der Waals surface area contributed by atoms with Crippen molar-refractivity contribution >= 4 is 17.4 Å². The highest BCUT2D eigenvalue weighted by molar-refractivity contribution is 6.30. The fourth-order valence-electron chi connectivity index (χ4n) is 2.15. The fourth-order valence-corrected chi connectivity index (χ4v) is 2.32. The molecule has 0 bridgehead atoms. The first-order valence-corrected chi connectivity index (χ1v) is 7.58. The minimum atomic E-state index is 0.298. The molecule has 1 aliphatic rings. The molecule has 1 saturated carbocycles. The van der Waals surface area contributed by atoms with Gasteiger partial charge in [-0.2, -0.15) is 0 Å². The van der Waals surface area contributed by atoms with Crippen molar-refractivity contribution in [1.29, 1.82) is 0 Å². The first-order valence-electron chi connectivity index (χ1n) is 7.20. The zero-order chi connectivity index (χ0) is 14.2. The minimum Gasteiger partial charge on any atom is -0.354 e. The molecule has 106 valence electrons. The lowest BCUT2D eigenvalue weighted by atomic mass is 10.2. The van der Waals surface area contributed by atoms with Crippen LogP contribution in [0.1, 0.15) is 57.8 Å². The zero-order valence-corrected chi connectivity index (χ0v) is 13.3. The summed E-state index contributed by atoms with van der Waals surface area (Å²) in [5.41, 5.74) is 1.00. The summed E-state index contributed by atoms with van der Waals surface area (Å²) in [4.78, 5) is 11.5. The molecule has 1 heterocycles. The van der Waals surface area contributed by atoms with E-state index in [9.17, 15) is 0 Å². The van der Waals surface area contributed by atoms with Crippen LogP contribution in [0.5, 0.6) is 0 Å². The Labute approximate surface area is 121 Å². The minimum absolute atomic E-state index is 0.298. The van der Waals surface area contributed by atoms with Gasteiger partial charge in [-0.1, -0.05) is 25.4 Å². The van der Waals surface area contributed by atoms with Gasteiger partial charge in [0.15, 0.2) is 0 Å². The average molecular weight is 282 g/mol. The molecule has 4 heteroatoms. The molecule has 1 aliphatic carbocycles. The zero-order valence-electron chi connectivity index (χ0n) is 12.6. The quantitative estimate of drug-likeness (QED) is 0.758. The van der Waals surface area contributed by atoms with Gasteiger partial charge >= 0.3 is 0 Å². The van der Waals surface area contributed by atoms with E-state index in [-0.39, 0.29) is 0 Å². The van der Waals surface area contributed by atoms with Gasteiger partial charge in [-0.05, 0) is 39.5 Å². The Morgan fingerprint density at radius 1 is 1.21 bits per heavy atom. The second-order valence-electron chi connectivity index (χ2n) is 6.17. The molecule has 0 amide bonds. The predicted molar refractivity (Wildman–Crippen MR) is 81.1 cm³/mol. The van der Waals surface area contributed by atoms with Crippen molar-refractivity contribution in [2.45, 2.75) is 59.4 Å². The summed E-state index contributed by atoms with van der Waals surface area (Å²) in [6.45, 7) is 11.7. The summed E-state index contributed by atoms with van der Waals surface area (Å²) < 4.78 is 0. The van der Waals surface area contributed by atoms with Gasteiger partial charge in [0, 0.05) is 24.1 Å². The monoisotopic (exact) mass is 281 g/mol. The highest BCUT2D eigenvalue weighted by Gasteiger charge is 2.28. The fraction of sp³-hybridized carbons (Fsp3) is 0.733. The molecule has 0 atom stereocenters. The van der Waals surface area contributed by atoms with Crippen LogP contribution in [-0.4, -0.2) is 22.6 Å². The third-order valence-corrected chi connectivity index (χ3v) is 4.01. The highest BCUT2D eigenvalue weighted by Crippen LogP contribution is 2.34. The lowest BCUT2D eigenvalue weighted by Gasteiger charge is -2.30. The maximum absolute atomic E-state index is 6.29. The first kappa shape index (κ1) is 14.6. The van der Waals surface area contributed by atoms with Crippen LogP contribution in [0.2, 0.25) is 5.15 Å². The van der Waals surface area contributed by atoms with Crippen molar-refractivity contribution in [1.82, 2.24) is 9.97 Å². The van der Waals surface area contributed by atoms with Gasteiger partial charge in [0.05, 0.1) is 0 Å². The van der Waals surface area contributed by atoms with Crippen LogP contribution in [0.4, 0.5) is 5.82 Å².